The highest BCUT2D eigenvalue weighted by Gasteiger charge is 2.32. The molecule has 11 nitrogen and oxygen atoms in total. The number of carboxylic acid groups (broad SMARTS) is 1. The van der Waals surface area contributed by atoms with Gasteiger partial charge in [-0.05, 0) is 70.8 Å². The first kappa shape index (κ1) is 40.1. The van der Waals surface area contributed by atoms with Gasteiger partial charge >= 0.3 is 5.97 Å². The fourth-order valence-electron chi connectivity index (χ4n) is 7.03. The number of aryl methyl sites for hydroxylation is 1. The minimum Gasteiger partial charge on any atom is -0.481 e. The van der Waals surface area contributed by atoms with E-state index in [0.29, 0.717) is 17.7 Å². The number of aliphatic carboxylic acids is 1. The third-order valence-electron chi connectivity index (χ3n) is 10.2. The Kier molecular flexibility index (Phi) is 13.6. The summed E-state index contributed by atoms with van der Waals surface area (Å²) in [6.07, 6.45) is 0.128. The predicted octanol–water partition coefficient (Wildman–Crippen LogP) is 5.35. The number of amides is 4. The normalized spacial score (nSPS) is 20.1. The summed E-state index contributed by atoms with van der Waals surface area (Å²) in [5.41, 5.74) is 3.55. The van der Waals surface area contributed by atoms with Gasteiger partial charge in [0.05, 0.1) is 12.0 Å². The van der Waals surface area contributed by atoms with Crippen molar-refractivity contribution in [3.05, 3.63) is 150 Å². The van der Waals surface area contributed by atoms with Crippen molar-refractivity contribution in [1.82, 2.24) is 16.0 Å². The number of Topliss-reactive ketones (excluding diaryl/α,β-unsaturated/α-hetero) is 1. The molecule has 5 N–H and O–H groups in total. The minimum atomic E-state index is -1.19. The maximum absolute atomic E-state index is 14.4. The molecule has 4 atom stereocenters. The minimum absolute atomic E-state index is 0.0342. The van der Waals surface area contributed by atoms with Crippen LogP contribution in [0.1, 0.15) is 47.9 Å². The lowest BCUT2D eigenvalue weighted by molar-refractivity contribution is -0.144. The Labute approximate surface area is 331 Å². The number of ketones is 1. The van der Waals surface area contributed by atoms with E-state index < -0.39 is 59.4 Å². The summed E-state index contributed by atoms with van der Waals surface area (Å²) in [4.78, 5) is 81.4. The van der Waals surface area contributed by atoms with Gasteiger partial charge in [0, 0.05) is 31.4 Å². The molecule has 4 amide bonds. The van der Waals surface area contributed by atoms with E-state index >= 15 is 0 Å². The Morgan fingerprint density at radius 2 is 1.16 bits per heavy atom. The number of hydrogen-bond donors (Lipinski definition) is 5. The van der Waals surface area contributed by atoms with E-state index in [1.165, 1.54) is 0 Å². The monoisotopic (exact) mass is 766 g/mol. The molecule has 0 unspecified atom stereocenters. The molecule has 57 heavy (non-hydrogen) atoms. The summed E-state index contributed by atoms with van der Waals surface area (Å²) in [5.74, 6) is -4.90. The summed E-state index contributed by atoms with van der Waals surface area (Å²) in [5, 5.41) is 23.5. The van der Waals surface area contributed by atoms with E-state index in [2.05, 4.69) is 21.3 Å². The Morgan fingerprint density at radius 3 is 1.86 bits per heavy atom. The first-order valence-electron chi connectivity index (χ1n) is 19.2. The van der Waals surface area contributed by atoms with Crippen molar-refractivity contribution in [1.29, 1.82) is 0 Å². The number of fused-ring (bicyclic) bond motifs is 19. The standard InChI is InChI=1S/C46H46N4O7/c51-41-29-36(46(56)57)25-32-16-20-37(21-17-32)47-42(52)23-24-43(53)48-38(22-18-30-9-3-1-4-10-30)44(54)50-40(28-33-15-19-34-13-7-8-14-35(34)26-33)45(55)49-39(41)27-31-11-5-2-6-12-31/h1-17,19-21,26,36,38-40H,18,22-25,27-29H2,(H,47,52)(H,48,53)(H,49,55)(H,50,54)(H,56,57)/t36-,38-,39-,40+/m1/s1. The van der Waals surface area contributed by atoms with E-state index in [4.69, 9.17) is 0 Å². The summed E-state index contributed by atoms with van der Waals surface area (Å²) in [6, 6.07) is 35.3. The highest BCUT2D eigenvalue weighted by Crippen LogP contribution is 2.20. The molecule has 7 rings (SSSR count). The number of carboxylic acids is 1. The molecule has 0 saturated heterocycles. The van der Waals surface area contributed by atoms with Gasteiger partial charge < -0.3 is 26.4 Å². The van der Waals surface area contributed by atoms with Gasteiger partial charge in [-0.2, -0.15) is 0 Å². The Morgan fingerprint density at radius 1 is 0.561 bits per heavy atom. The number of hydrogen-bond acceptors (Lipinski definition) is 6. The largest absolute Gasteiger partial charge is 0.481 e. The summed E-state index contributed by atoms with van der Waals surface area (Å²) in [6.45, 7) is 0. The van der Waals surface area contributed by atoms with Gasteiger partial charge in [0.25, 0.3) is 0 Å². The van der Waals surface area contributed by atoms with E-state index in [9.17, 15) is 33.9 Å². The van der Waals surface area contributed by atoms with Crippen molar-refractivity contribution in [2.45, 2.75) is 69.5 Å². The van der Waals surface area contributed by atoms with E-state index in [1.54, 1.807) is 24.3 Å². The molecule has 5 aromatic rings. The third-order valence-corrected chi connectivity index (χ3v) is 10.2. The summed E-state index contributed by atoms with van der Waals surface area (Å²) < 4.78 is 0. The van der Waals surface area contributed by atoms with E-state index in [-0.39, 0.29) is 44.9 Å². The molecule has 2 bridgehead atoms. The van der Waals surface area contributed by atoms with Crippen molar-refractivity contribution in [2.75, 3.05) is 5.32 Å². The second kappa shape index (κ2) is 19.3. The van der Waals surface area contributed by atoms with Crippen LogP contribution in [0.2, 0.25) is 0 Å². The van der Waals surface area contributed by atoms with Crippen LogP contribution in [0.4, 0.5) is 5.69 Å². The zero-order valence-corrected chi connectivity index (χ0v) is 31.5. The molecule has 11 heteroatoms. The molecule has 2 aliphatic rings. The molecule has 5 aromatic carbocycles. The highest BCUT2D eigenvalue weighted by molar-refractivity contribution is 5.97. The first-order valence-corrected chi connectivity index (χ1v) is 19.2. The topological polar surface area (TPSA) is 171 Å². The average Bonchev–Trinajstić information content (AvgIpc) is 3.21. The van der Waals surface area contributed by atoms with Crippen LogP contribution in [0.5, 0.6) is 0 Å². The number of nitrogens with one attached hydrogen (secondary N) is 4. The first-order chi connectivity index (χ1) is 27.6. The second-order valence-electron chi connectivity index (χ2n) is 14.5. The molecular weight excluding hydrogens is 721 g/mol. The van der Waals surface area contributed by atoms with Gasteiger partial charge in [-0.1, -0.05) is 115 Å². The smallest absolute Gasteiger partial charge is 0.307 e. The van der Waals surface area contributed by atoms with Crippen molar-refractivity contribution in [3.8, 4) is 0 Å². The van der Waals surface area contributed by atoms with Gasteiger partial charge in [-0.3, -0.25) is 28.8 Å². The fourth-order valence-corrected chi connectivity index (χ4v) is 7.03. The molecule has 0 spiro atoms. The fraction of sp³-hybridized carbons (Fsp3) is 0.261. The maximum Gasteiger partial charge on any atom is 0.307 e. The van der Waals surface area contributed by atoms with Crippen molar-refractivity contribution < 1.29 is 33.9 Å². The van der Waals surface area contributed by atoms with Gasteiger partial charge in [0.1, 0.15) is 12.1 Å². The maximum atomic E-state index is 14.4. The van der Waals surface area contributed by atoms with Crippen molar-refractivity contribution in [3.63, 3.8) is 0 Å². The molecule has 0 aromatic heterocycles. The van der Waals surface area contributed by atoms with Crippen molar-refractivity contribution >= 4 is 51.8 Å². The molecule has 292 valence electrons. The van der Waals surface area contributed by atoms with Crippen LogP contribution in [0.25, 0.3) is 10.8 Å². The van der Waals surface area contributed by atoms with Crippen LogP contribution in [0, 0.1) is 5.92 Å². The second-order valence-corrected chi connectivity index (χ2v) is 14.5. The summed E-state index contributed by atoms with van der Waals surface area (Å²) in [7, 11) is 0. The Bertz CT molecular complexity index is 2210. The molecule has 0 fully saturated rings. The van der Waals surface area contributed by atoms with Crippen LogP contribution in [0.15, 0.2) is 127 Å². The van der Waals surface area contributed by atoms with Crippen LogP contribution in [-0.4, -0.2) is 58.6 Å². The lowest BCUT2D eigenvalue weighted by Gasteiger charge is -2.26. The number of carbonyl (C=O) groups excluding carboxylic acids is 5. The Balaban J connectivity index is 1.35. The number of benzene rings is 5. The lowest BCUT2D eigenvalue weighted by Crippen LogP contribution is -2.57. The van der Waals surface area contributed by atoms with Crippen molar-refractivity contribution in [2.24, 2.45) is 5.92 Å². The predicted molar refractivity (Wildman–Crippen MR) is 217 cm³/mol. The zero-order valence-electron chi connectivity index (χ0n) is 31.5. The molecular formula is C46H46N4O7. The molecule has 0 aliphatic carbocycles. The average molecular weight is 767 g/mol. The number of rotatable bonds is 8. The third kappa shape index (κ3) is 11.7. The highest BCUT2D eigenvalue weighted by atomic mass is 16.4. The van der Waals surface area contributed by atoms with Gasteiger partial charge in [-0.25, -0.2) is 0 Å². The molecule has 0 radical (unpaired) electrons. The van der Waals surface area contributed by atoms with Crippen LogP contribution in [-0.2, 0) is 54.5 Å². The van der Waals surface area contributed by atoms with E-state index in [0.717, 1.165) is 27.5 Å². The van der Waals surface area contributed by atoms with Gasteiger partial charge in [0.2, 0.25) is 23.6 Å². The SMILES string of the molecule is O=C1CCC(=O)N[C@H](CCc2ccccc2)C(=O)N[C@@H](Cc2ccc3ccccc3c2)C(=O)N[C@H](Cc2ccccc2)C(=O)C[C@H](C(=O)O)Cc2ccc(cc2)N1. The van der Waals surface area contributed by atoms with E-state index in [1.807, 2.05) is 103 Å². The van der Waals surface area contributed by atoms with Gasteiger partial charge in [-0.15, -0.1) is 0 Å². The number of carbonyl (C=O) groups is 6. The molecule has 2 aliphatic heterocycles. The lowest BCUT2D eigenvalue weighted by atomic mass is 9.90. The Hall–Kier alpha value is -6.62. The quantitative estimate of drug-likeness (QED) is 0.133. The summed E-state index contributed by atoms with van der Waals surface area (Å²) >= 11 is 0. The van der Waals surface area contributed by atoms with Gasteiger partial charge in [0.15, 0.2) is 5.78 Å². The van der Waals surface area contributed by atoms with Crippen LogP contribution < -0.4 is 21.3 Å². The molecule has 0 saturated carbocycles. The zero-order chi connectivity index (χ0) is 40.1. The molecule has 2 heterocycles. The number of anilines is 1. The van der Waals surface area contributed by atoms with Crippen LogP contribution >= 0.6 is 0 Å². The van der Waals surface area contributed by atoms with Crippen LogP contribution in [0.3, 0.4) is 0 Å².